The molecular formula is C44H71N5O8. The van der Waals surface area contributed by atoms with E-state index in [9.17, 15) is 28.8 Å². The van der Waals surface area contributed by atoms with E-state index in [0.29, 0.717) is 45.4 Å². The van der Waals surface area contributed by atoms with Crippen LogP contribution in [0.3, 0.4) is 0 Å². The van der Waals surface area contributed by atoms with Gasteiger partial charge in [0.15, 0.2) is 0 Å². The Morgan fingerprint density at radius 3 is 2.02 bits per heavy atom. The maximum absolute atomic E-state index is 12.5. The Morgan fingerprint density at radius 1 is 0.860 bits per heavy atom. The SMILES string of the molecule is C1CCCCC1.CC.CC(O)CCOc1cccc(CC=O)c1.CCC.CNCC(=O)N1CCCC1C(=O)NC(C)C(=O)C(=O)NCC(=O)NCc1ccccc1. The lowest BCUT2D eigenvalue weighted by Crippen LogP contribution is -2.53. The van der Waals surface area contributed by atoms with Crippen LogP contribution in [0.2, 0.25) is 0 Å². The molecule has 0 bridgehead atoms. The van der Waals surface area contributed by atoms with Crippen LogP contribution in [0.4, 0.5) is 0 Å². The maximum atomic E-state index is 12.5. The van der Waals surface area contributed by atoms with Gasteiger partial charge in [-0.1, -0.05) is 115 Å². The zero-order valence-corrected chi connectivity index (χ0v) is 35.6. The molecule has 1 aliphatic carbocycles. The zero-order chi connectivity index (χ0) is 42.8. The van der Waals surface area contributed by atoms with Gasteiger partial charge in [0.25, 0.3) is 5.91 Å². The van der Waals surface area contributed by atoms with E-state index in [0.717, 1.165) is 23.2 Å². The van der Waals surface area contributed by atoms with Crippen LogP contribution in [0.5, 0.6) is 5.75 Å². The Balaban J connectivity index is 0.000000986. The highest BCUT2D eigenvalue weighted by Gasteiger charge is 2.35. The van der Waals surface area contributed by atoms with Crippen molar-refractivity contribution < 1.29 is 38.6 Å². The summed E-state index contributed by atoms with van der Waals surface area (Å²) in [6.45, 7) is 12.4. The molecule has 1 saturated carbocycles. The number of aliphatic hydroxyl groups is 1. The fourth-order valence-electron chi connectivity index (χ4n) is 5.54. The molecule has 320 valence electrons. The number of carbonyl (C=O) groups excluding carboxylic acids is 6. The fraction of sp³-hybridized carbons (Fsp3) is 0.591. The summed E-state index contributed by atoms with van der Waals surface area (Å²) in [5.74, 6) is -2.19. The molecule has 3 unspecified atom stereocenters. The summed E-state index contributed by atoms with van der Waals surface area (Å²) in [5.41, 5.74) is 1.85. The van der Waals surface area contributed by atoms with Crippen LogP contribution in [0.25, 0.3) is 0 Å². The van der Waals surface area contributed by atoms with Gasteiger partial charge in [-0.2, -0.15) is 0 Å². The van der Waals surface area contributed by atoms with Gasteiger partial charge >= 0.3 is 0 Å². The van der Waals surface area contributed by atoms with Crippen LogP contribution in [0.15, 0.2) is 54.6 Å². The molecule has 1 heterocycles. The van der Waals surface area contributed by atoms with Crippen LogP contribution in [0, 0.1) is 0 Å². The minimum absolute atomic E-state index is 0.118. The average molecular weight is 798 g/mol. The van der Waals surface area contributed by atoms with Crippen molar-refractivity contribution in [2.75, 3.05) is 33.3 Å². The van der Waals surface area contributed by atoms with Crippen molar-refractivity contribution in [3.05, 3.63) is 65.7 Å². The zero-order valence-electron chi connectivity index (χ0n) is 35.6. The lowest BCUT2D eigenvalue weighted by atomic mass is 10.0. The van der Waals surface area contributed by atoms with Crippen LogP contribution in [-0.2, 0) is 41.7 Å². The first kappa shape index (κ1) is 52.4. The second-order valence-electron chi connectivity index (χ2n) is 13.6. The second-order valence-corrected chi connectivity index (χ2v) is 13.6. The molecular weight excluding hydrogens is 727 g/mol. The van der Waals surface area contributed by atoms with Gasteiger partial charge in [-0.3, -0.25) is 24.0 Å². The number of ketones is 1. The molecule has 2 aromatic carbocycles. The summed E-state index contributed by atoms with van der Waals surface area (Å²) in [5, 5.41) is 19.2. The molecule has 13 heteroatoms. The molecule has 0 aromatic heterocycles. The molecule has 3 atom stereocenters. The highest BCUT2D eigenvalue weighted by molar-refractivity contribution is 6.38. The number of hydrogen-bond acceptors (Lipinski definition) is 9. The molecule has 2 fully saturated rings. The standard InChI is InChI=1S/C21H29N5O5.C12H16O3.C6H12.C3H8.C2H6/c1-14(25-20(30)16-9-6-10-26(16)18(28)13-22-2)19(29)21(31)24-12-17(27)23-11-15-7-4-3-5-8-15;1-10(14)6-8-15-12-4-2-3-11(9-12)5-7-13;1-2-4-6-5-3-1;1-3-2;1-2/h3-5,7-8,14,16,22H,6,9-13H2,1-2H3,(H,23,27)(H,24,31)(H,25,30);2-4,7,9-10,14H,5-6,8H2,1H3;1-6H2;3H2,1-2H3;1-2H3. The number of benzene rings is 2. The minimum atomic E-state index is -1.08. The summed E-state index contributed by atoms with van der Waals surface area (Å²) in [6, 6.07) is 14.9. The van der Waals surface area contributed by atoms with Crippen molar-refractivity contribution in [2.45, 2.75) is 137 Å². The number of aldehydes is 1. The fourth-order valence-corrected chi connectivity index (χ4v) is 5.54. The van der Waals surface area contributed by atoms with Crippen molar-refractivity contribution in [3.63, 3.8) is 0 Å². The van der Waals surface area contributed by atoms with E-state index < -0.39 is 35.6 Å². The van der Waals surface area contributed by atoms with Gasteiger partial charge in [0.2, 0.25) is 23.5 Å². The number of carbonyl (C=O) groups is 6. The molecule has 1 saturated heterocycles. The summed E-state index contributed by atoms with van der Waals surface area (Å²) in [6.07, 6.45) is 13.0. The lowest BCUT2D eigenvalue weighted by molar-refractivity contribution is -0.142. The number of nitrogens with one attached hydrogen (secondary N) is 4. The minimum Gasteiger partial charge on any atom is -0.493 e. The summed E-state index contributed by atoms with van der Waals surface area (Å²) in [4.78, 5) is 72.6. The molecule has 1 aliphatic heterocycles. The van der Waals surface area contributed by atoms with Crippen molar-refractivity contribution in [1.82, 2.24) is 26.2 Å². The second kappa shape index (κ2) is 33.5. The maximum Gasteiger partial charge on any atom is 0.290 e. The third-order valence-electron chi connectivity index (χ3n) is 8.44. The largest absolute Gasteiger partial charge is 0.493 e. The highest BCUT2D eigenvalue weighted by atomic mass is 16.5. The molecule has 2 aliphatic rings. The Bertz CT molecular complexity index is 1410. The summed E-state index contributed by atoms with van der Waals surface area (Å²) < 4.78 is 5.43. The quantitative estimate of drug-likeness (QED) is 0.115. The Morgan fingerprint density at radius 2 is 1.46 bits per heavy atom. The number of nitrogens with zero attached hydrogens (tertiary/aromatic N) is 1. The van der Waals surface area contributed by atoms with E-state index in [1.807, 2.05) is 68.4 Å². The topological polar surface area (TPSA) is 183 Å². The smallest absolute Gasteiger partial charge is 0.290 e. The third kappa shape index (κ3) is 24.6. The van der Waals surface area contributed by atoms with Crippen LogP contribution in [0.1, 0.15) is 117 Å². The molecule has 57 heavy (non-hydrogen) atoms. The number of ether oxygens (including phenoxy) is 1. The molecule has 2 aromatic rings. The van der Waals surface area contributed by atoms with E-state index in [2.05, 4.69) is 35.1 Å². The monoisotopic (exact) mass is 798 g/mol. The number of Topliss-reactive ketones (excluding diaryl/α,β-unsaturated/α-hetero) is 1. The summed E-state index contributed by atoms with van der Waals surface area (Å²) in [7, 11) is 1.64. The first-order valence-corrected chi connectivity index (χ1v) is 20.7. The normalized spacial score (nSPS) is 15.0. The third-order valence-corrected chi connectivity index (χ3v) is 8.44. The van der Waals surface area contributed by atoms with Gasteiger partial charge in [-0.25, -0.2) is 0 Å². The van der Waals surface area contributed by atoms with E-state index in [1.165, 1.54) is 56.8 Å². The number of hydrogen-bond donors (Lipinski definition) is 5. The Labute approximate surface area is 341 Å². The number of likely N-dealkylation sites (tertiary alicyclic amines) is 1. The van der Waals surface area contributed by atoms with Gasteiger partial charge in [0.1, 0.15) is 18.1 Å². The van der Waals surface area contributed by atoms with E-state index >= 15 is 0 Å². The molecule has 0 spiro atoms. The predicted octanol–water partition coefficient (Wildman–Crippen LogP) is 5.06. The predicted molar refractivity (Wildman–Crippen MR) is 226 cm³/mol. The van der Waals surface area contributed by atoms with Crippen LogP contribution >= 0.6 is 0 Å². The molecule has 0 radical (unpaired) electrons. The summed E-state index contributed by atoms with van der Waals surface area (Å²) >= 11 is 0. The highest BCUT2D eigenvalue weighted by Crippen LogP contribution is 2.18. The van der Waals surface area contributed by atoms with Crippen molar-refractivity contribution >= 4 is 35.7 Å². The number of aliphatic hydroxyl groups excluding tert-OH is 1. The van der Waals surface area contributed by atoms with Gasteiger partial charge in [-0.15, -0.1) is 0 Å². The van der Waals surface area contributed by atoms with E-state index in [4.69, 9.17) is 9.84 Å². The van der Waals surface area contributed by atoms with Gasteiger partial charge in [0.05, 0.1) is 31.8 Å². The van der Waals surface area contributed by atoms with Crippen LogP contribution < -0.4 is 26.0 Å². The first-order valence-electron chi connectivity index (χ1n) is 20.7. The van der Waals surface area contributed by atoms with Crippen LogP contribution in [-0.4, -0.2) is 97.2 Å². The van der Waals surface area contributed by atoms with Crippen molar-refractivity contribution in [2.24, 2.45) is 0 Å². The van der Waals surface area contributed by atoms with Gasteiger partial charge in [-0.05, 0) is 57.0 Å². The van der Waals surface area contributed by atoms with Gasteiger partial charge in [0, 0.05) is 25.9 Å². The average Bonchev–Trinajstić information content (AvgIpc) is 3.73. The molecule has 13 nitrogen and oxygen atoms in total. The Hall–Kier alpha value is -4.62. The molecule has 5 N–H and O–H groups in total. The van der Waals surface area contributed by atoms with Crippen molar-refractivity contribution in [1.29, 1.82) is 0 Å². The first-order chi connectivity index (χ1) is 27.5. The van der Waals surface area contributed by atoms with E-state index in [-0.39, 0.29) is 25.1 Å². The van der Waals surface area contributed by atoms with E-state index in [1.54, 1.807) is 14.0 Å². The molecule has 4 amide bonds. The van der Waals surface area contributed by atoms with Gasteiger partial charge < -0.3 is 40.8 Å². The number of rotatable bonds is 16. The molecule has 4 rings (SSSR count). The number of likely N-dealkylation sites (N-methyl/N-ethyl adjacent to an activating group) is 1. The number of amides is 4. The van der Waals surface area contributed by atoms with Crippen molar-refractivity contribution in [3.8, 4) is 5.75 Å². The Kier molecular flexibility index (Phi) is 30.8. The lowest BCUT2D eigenvalue weighted by Gasteiger charge is -2.25.